The minimum atomic E-state index is -0.182. The largest absolute Gasteiger partial charge is 0.345 e. The van der Waals surface area contributed by atoms with Gasteiger partial charge >= 0.3 is 0 Å². The number of carbonyl (C=O) groups is 2. The highest BCUT2D eigenvalue weighted by Gasteiger charge is 2.15. The highest BCUT2D eigenvalue weighted by molar-refractivity contribution is 7.99. The minimum absolute atomic E-state index is 0.171. The van der Waals surface area contributed by atoms with Gasteiger partial charge in [-0.2, -0.15) is 0 Å². The van der Waals surface area contributed by atoms with Gasteiger partial charge in [-0.15, -0.1) is 28.1 Å². The van der Waals surface area contributed by atoms with Crippen LogP contribution in [0, 0.1) is 6.92 Å². The number of thioether (sulfide) groups is 1. The monoisotopic (exact) mass is 428 g/mol. The second kappa shape index (κ2) is 9.99. The summed E-state index contributed by atoms with van der Waals surface area (Å²) in [6.45, 7) is 6.39. The Morgan fingerprint density at radius 3 is 2.93 bits per heavy atom. The summed E-state index contributed by atoms with van der Waals surface area (Å²) in [6.07, 6.45) is 3.35. The zero-order valence-corrected chi connectivity index (χ0v) is 17.4. The topological polar surface area (TPSA) is 102 Å². The van der Waals surface area contributed by atoms with Crippen LogP contribution in [0.2, 0.25) is 0 Å². The number of nitrogens with one attached hydrogen (secondary N) is 2. The lowest BCUT2D eigenvalue weighted by atomic mass is 10.1. The molecule has 0 atom stereocenters. The summed E-state index contributed by atoms with van der Waals surface area (Å²) in [5, 5.41) is 16.8. The quantitative estimate of drug-likeness (QED) is 0.401. The van der Waals surface area contributed by atoms with Crippen LogP contribution in [0.25, 0.3) is 0 Å². The molecule has 8 nitrogen and oxygen atoms in total. The van der Waals surface area contributed by atoms with E-state index >= 15 is 0 Å². The summed E-state index contributed by atoms with van der Waals surface area (Å²) < 4.78 is 1.82. The van der Waals surface area contributed by atoms with Crippen LogP contribution >= 0.6 is 23.1 Å². The highest BCUT2D eigenvalue weighted by Crippen LogP contribution is 2.18. The molecule has 0 aliphatic heterocycles. The number of benzene rings is 1. The standard InChI is InChI=1S/C19H20N6O2S2/c1-3-8-25-15(11-21-17(27)14-6-4-5-13(2)10-14)23-24-19(25)29-12-16(26)22-18-20-7-9-28-18/h3-7,9-10H,1,8,11-12H2,2H3,(H,21,27)(H,20,22,26). The summed E-state index contributed by atoms with van der Waals surface area (Å²) >= 11 is 2.62. The van der Waals surface area contributed by atoms with Crippen LogP contribution in [0.3, 0.4) is 0 Å². The fraction of sp³-hybridized carbons (Fsp3) is 0.211. The molecule has 0 fully saturated rings. The van der Waals surface area contributed by atoms with Crippen molar-refractivity contribution < 1.29 is 9.59 Å². The Bertz CT molecular complexity index is 1000. The van der Waals surface area contributed by atoms with E-state index in [0.29, 0.717) is 28.2 Å². The van der Waals surface area contributed by atoms with Gasteiger partial charge in [0.05, 0.1) is 12.3 Å². The lowest BCUT2D eigenvalue weighted by Gasteiger charge is -2.09. The molecule has 10 heteroatoms. The molecule has 150 valence electrons. The van der Waals surface area contributed by atoms with Gasteiger partial charge in [0.25, 0.3) is 5.91 Å². The van der Waals surface area contributed by atoms with Gasteiger partial charge in [-0.1, -0.05) is 35.5 Å². The first kappa shape index (κ1) is 20.7. The van der Waals surface area contributed by atoms with E-state index in [-0.39, 0.29) is 24.1 Å². The van der Waals surface area contributed by atoms with E-state index in [0.717, 1.165) is 5.56 Å². The minimum Gasteiger partial charge on any atom is -0.345 e. The fourth-order valence-electron chi connectivity index (χ4n) is 2.49. The summed E-state index contributed by atoms with van der Waals surface area (Å²) in [6, 6.07) is 7.37. The summed E-state index contributed by atoms with van der Waals surface area (Å²) in [5.41, 5.74) is 1.61. The van der Waals surface area contributed by atoms with Crippen molar-refractivity contribution in [3.63, 3.8) is 0 Å². The van der Waals surface area contributed by atoms with Crippen molar-refractivity contribution in [2.75, 3.05) is 11.1 Å². The third kappa shape index (κ3) is 5.75. The summed E-state index contributed by atoms with van der Waals surface area (Å²) in [7, 11) is 0. The Balaban J connectivity index is 1.61. The van der Waals surface area contributed by atoms with Crippen molar-refractivity contribution in [1.29, 1.82) is 0 Å². The molecule has 3 rings (SSSR count). The van der Waals surface area contributed by atoms with E-state index in [1.807, 2.05) is 29.7 Å². The predicted molar refractivity (Wildman–Crippen MR) is 114 cm³/mol. The second-order valence-corrected chi connectivity index (χ2v) is 7.86. The van der Waals surface area contributed by atoms with Crippen molar-refractivity contribution >= 4 is 40.0 Å². The highest BCUT2D eigenvalue weighted by atomic mass is 32.2. The number of aromatic nitrogens is 4. The number of amides is 2. The maximum Gasteiger partial charge on any atom is 0.251 e. The number of allylic oxidation sites excluding steroid dienone is 1. The fourth-order valence-corrected chi connectivity index (χ4v) is 3.80. The van der Waals surface area contributed by atoms with Crippen LogP contribution in [0.4, 0.5) is 5.13 Å². The molecule has 0 bridgehead atoms. The number of carbonyl (C=O) groups excluding carboxylic acids is 2. The van der Waals surface area contributed by atoms with Crippen LogP contribution in [0.5, 0.6) is 0 Å². The van der Waals surface area contributed by atoms with E-state index in [9.17, 15) is 9.59 Å². The maximum atomic E-state index is 12.4. The molecule has 2 aromatic heterocycles. The Labute approximate surface area is 176 Å². The molecule has 0 saturated carbocycles. The molecule has 0 saturated heterocycles. The van der Waals surface area contributed by atoms with E-state index in [2.05, 4.69) is 32.4 Å². The van der Waals surface area contributed by atoms with Crippen LogP contribution in [-0.2, 0) is 17.9 Å². The van der Waals surface area contributed by atoms with Crippen molar-refractivity contribution in [2.45, 2.75) is 25.2 Å². The van der Waals surface area contributed by atoms with Crippen molar-refractivity contribution in [3.05, 3.63) is 65.4 Å². The Morgan fingerprint density at radius 2 is 2.21 bits per heavy atom. The van der Waals surface area contributed by atoms with Gasteiger partial charge < -0.3 is 15.2 Å². The molecular formula is C19H20N6O2S2. The normalized spacial score (nSPS) is 10.5. The van der Waals surface area contributed by atoms with Crippen LogP contribution < -0.4 is 10.6 Å². The van der Waals surface area contributed by atoms with Crippen LogP contribution in [-0.4, -0.2) is 37.3 Å². The molecular weight excluding hydrogens is 408 g/mol. The van der Waals surface area contributed by atoms with Gasteiger partial charge in [0.2, 0.25) is 5.91 Å². The molecule has 0 aliphatic carbocycles. The first-order chi connectivity index (χ1) is 14.1. The molecule has 29 heavy (non-hydrogen) atoms. The number of hydrogen-bond acceptors (Lipinski definition) is 7. The van der Waals surface area contributed by atoms with Crippen molar-refractivity contribution in [1.82, 2.24) is 25.1 Å². The average Bonchev–Trinajstić information content (AvgIpc) is 3.35. The van der Waals surface area contributed by atoms with E-state index in [1.165, 1.54) is 23.1 Å². The van der Waals surface area contributed by atoms with E-state index in [1.54, 1.807) is 23.7 Å². The maximum absolute atomic E-state index is 12.4. The van der Waals surface area contributed by atoms with Crippen molar-refractivity contribution in [2.24, 2.45) is 0 Å². The van der Waals surface area contributed by atoms with Crippen molar-refractivity contribution in [3.8, 4) is 0 Å². The Kier molecular flexibility index (Phi) is 7.14. The third-order valence-electron chi connectivity index (χ3n) is 3.80. The number of nitrogens with zero attached hydrogens (tertiary/aromatic N) is 4. The Hall–Kier alpha value is -2.98. The predicted octanol–water partition coefficient (Wildman–Crippen LogP) is 2.89. The van der Waals surface area contributed by atoms with Gasteiger partial charge in [-0.3, -0.25) is 9.59 Å². The zero-order chi connectivity index (χ0) is 20.6. The number of hydrogen-bond donors (Lipinski definition) is 2. The summed E-state index contributed by atoms with van der Waals surface area (Å²) in [4.78, 5) is 28.4. The molecule has 0 unspecified atom stereocenters. The molecule has 3 aromatic rings. The smallest absolute Gasteiger partial charge is 0.251 e. The van der Waals surface area contributed by atoms with Crippen LogP contribution in [0.15, 0.2) is 53.7 Å². The molecule has 2 heterocycles. The SMILES string of the molecule is C=CCn1c(CNC(=O)c2cccc(C)c2)nnc1SCC(=O)Nc1nccs1. The summed E-state index contributed by atoms with van der Waals surface area (Å²) in [5.74, 6) is 0.407. The van der Waals surface area contributed by atoms with Crippen LogP contribution in [0.1, 0.15) is 21.7 Å². The van der Waals surface area contributed by atoms with Gasteiger partial charge in [0.1, 0.15) is 0 Å². The lowest BCUT2D eigenvalue weighted by Crippen LogP contribution is -2.25. The van der Waals surface area contributed by atoms with E-state index in [4.69, 9.17) is 0 Å². The molecule has 0 aliphatic rings. The first-order valence-corrected chi connectivity index (χ1v) is 10.6. The molecule has 0 radical (unpaired) electrons. The van der Waals surface area contributed by atoms with Gasteiger partial charge in [0, 0.05) is 23.7 Å². The third-order valence-corrected chi connectivity index (χ3v) is 5.46. The number of aryl methyl sites for hydroxylation is 1. The average molecular weight is 429 g/mol. The molecule has 0 spiro atoms. The first-order valence-electron chi connectivity index (χ1n) is 8.77. The lowest BCUT2D eigenvalue weighted by molar-refractivity contribution is -0.113. The zero-order valence-electron chi connectivity index (χ0n) is 15.8. The number of rotatable bonds is 9. The number of anilines is 1. The Morgan fingerprint density at radius 1 is 1.34 bits per heavy atom. The van der Waals surface area contributed by atoms with Gasteiger partial charge in [-0.25, -0.2) is 4.98 Å². The van der Waals surface area contributed by atoms with Gasteiger partial charge in [0.15, 0.2) is 16.1 Å². The molecule has 2 N–H and O–H groups in total. The molecule has 2 amide bonds. The van der Waals surface area contributed by atoms with E-state index < -0.39 is 0 Å². The molecule has 1 aromatic carbocycles. The van der Waals surface area contributed by atoms with Gasteiger partial charge in [-0.05, 0) is 19.1 Å². The second-order valence-electron chi connectivity index (χ2n) is 6.02. The number of thiazole rings is 1.